The second kappa shape index (κ2) is 6.98. The molecule has 106 valence electrons. The quantitative estimate of drug-likeness (QED) is 0.862. The van der Waals surface area contributed by atoms with Gasteiger partial charge in [0.25, 0.3) is 0 Å². The lowest BCUT2D eigenvalue weighted by atomic mass is 10.2. The second-order valence-electron chi connectivity index (χ2n) is 4.81. The molecule has 0 aromatic carbocycles. The van der Waals surface area contributed by atoms with Crippen molar-refractivity contribution in [2.45, 2.75) is 38.8 Å². The molecule has 2 heterocycles. The largest absolute Gasteiger partial charge is 0.481 e. The van der Waals surface area contributed by atoms with Crippen LogP contribution in [0, 0.1) is 0 Å². The zero-order chi connectivity index (χ0) is 13.7. The van der Waals surface area contributed by atoms with Gasteiger partial charge in [-0.1, -0.05) is 6.92 Å². The lowest BCUT2D eigenvalue weighted by Crippen LogP contribution is -2.42. The maximum absolute atomic E-state index is 10.7. The van der Waals surface area contributed by atoms with Gasteiger partial charge in [-0.2, -0.15) is 0 Å². The highest BCUT2D eigenvalue weighted by Crippen LogP contribution is 2.16. The third kappa shape index (κ3) is 4.56. The van der Waals surface area contributed by atoms with E-state index in [0.717, 1.165) is 31.6 Å². The molecule has 0 spiro atoms. The third-order valence-corrected chi connectivity index (χ3v) is 4.03. The van der Waals surface area contributed by atoms with Crippen LogP contribution in [-0.2, 0) is 22.5 Å². The molecule has 0 radical (unpaired) electrons. The number of carbonyl (C=O) groups is 1. The molecule has 1 aliphatic rings. The molecule has 0 aliphatic carbocycles. The predicted molar refractivity (Wildman–Crippen MR) is 73.4 cm³/mol. The summed E-state index contributed by atoms with van der Waals surface area (Å²) in [5, 5.41) is 12.1. The minimum atomic E-state index is -0.800. The summed E-state index contributed by atoms with van der Waals surface area (Å²) in [5.74, 6) is -0.800. The van der Waals surface area contributed by atoms with Crippen molar-refractivity contribution in [3.8, 4) is 0 Å². The molecule has 1 saturated heterocycles. The number of carboxylic acids is 1. The predicted octanol–water partition coefficient (Wildman–Crippen LogP) is 1.77. The fourth-order valence-corrected chi connectivity index (χ4v) is 3.11. The Morgan fingerprint density at radius 2 is 2.53 bits per heavy atom. The van der Waals surface area contributed by atoms with Crippen molar-refractivity contribution in [3.63, 3.8) is 0 Å². The smallest absolute Gasteiger partial charge is 0.306 e. The van der Waals surface area contributed by atoms with Crippen LogP contribution in [0.15, 0.2) is 5.38 Å². The SMILES string of the molecule is CCCc1nc(CN2CCOC(CC(=O)O)C2)cs1. The van der Waals surface area contributed by atoms with E-state index < -0.39 is 5.97 Å². The Labute approximate surface area is 117 Å². The van der Waals surface area contributed by atoms with Crippen molar-refractivity contribution in [1.29, 1.82) is 0 Å². The molecular weight excluding hydrogens is 264 g/mol. The summed E-state index contributed by atoms with van der Waals surface area (Å²) in [5.41, 5.74) is 1.09. The molecule has 0 bridgehead atoms. The van der Waals surface area contributed by atoms with Crippen LogP contribution in [0.1, 0.15) is 30.5 Å². The van der Waals surface area contributed by atoms with Crippen molar-refractivity contribution in [2.75, 3.05) is 19.7 Å². The van der Waals surface area contributed by atoms with Gasteiger partial charge in [0.2, 0.25) is 0 Å². The van der Waals surface area contributed by atoms with Gasteiger partial charge in [-0.25, -0.2) is 4.98 Å². The Hall–Kier alpha value is -0.980. The minimum Gasteiger partial charge on any atom is -0.481 e. The molecule has 1 N–H and O–H groups in total. The molecule has 5 nitrogen and oxygen atoms in total. The van der Waals surface area contributed by atoms with E-state index in [1.807, 2.05) is 0 Å². The highest BCUT2D eigenvalue weighted by molar-refractivity contribution is 7.09. The summed E-state index contributed by atoms with van der Waals surface area (Å²) in [6.45, 7) is 5.06. The van der Waals surface area contributed by atoms with E-state index in [1.54, 1.807) is 11.3 Å². The first-order valence-corrected chi connectivity index (χ1v) is 7.54. The summed E-state index contributed by atoms with van der Waals surface area (Å²) in [7, 11) is 0. The Bertz CT molecular complexity index is 422. The van der Waals surface area contributed by atoms with E-state index in [2.05, 4.69) is 22.2 Å². The van der Waals surface area contributed by atoms with Crippen LogP contribution < -0.4 is 0 Å². The maximum Gasteiger partial charge on any atom is 0.306 e. The summed E-state index contributed by atoms with van der Waals surface area (Å²) >= 11 is 1.71. The molecule has 19 heavy (non-hydrogen) atoms. The fourth-order valence-electron chi connectivity index (χ4n) is 2.22. The molecule has 6 heteroatoms. The number of aromatic nitrogens is 1. The van der Waals surface area contributed by atoms with Gasteiger partial charge in [0.05, 0.1) is 29.8 Å². The van der Waals surface area contributed by atoms with Crippen molar-refractivity contribution < 1.29 is 14.6 Å². The van der Waals surface area contributed by atoms with Crippen LogP contribution in [0.2, 0.25) is 0 Å². The monoisotopic (exact) mass is 284 g/mol. The molecule has 2 rings (SSSR count). The molecule has 1 aromatic heterocycles. The zero-order valence-corrected chi connectivity index (χ0v) is 12.0. The number of ether oxygens (including phenoxy) is 1. The minimum absolute atomic E-state index is 0.0780. The van der Waals surface area contributed by atoms with E-state index in [-0.39, 0.29) is 12.5 Å². The van der Waals surface area contributed by atoms with Gasteiger partial charge in [0.15, 0.2) is 0 Å². The highest BCUT2D eigenvalue weighted by Gasteiger charge is 2.23. The van der Waals surface area contributed by atoms with E-state index >= 15 is 0 Å². The summed E-state index contributed by atoms with van der Waals surface area (Å²) in [6.07, 6.45) is 2.04. The molecule has 1 aliphatic heterocycles. The third-order valence-electron chi connectivity index (χ3n) is 3.07. The number of morpholine rings is 1. The van der Waals surface area contributed by atoms with Crippen molar-refractivity contribution in [2.24, 2.45) is 0 Å². The fraction of sp³-hybridized carbons (Fsp3) is 0.692. The van der Waals surface area contributed by atoms with E-state index in [1.165, 1.54) is 5.01 Å². The van der Waals surface area contributed by atoms with Crippen molar-refractivity contribution >= 4 is 17.3 Å². The number of nitrogens with zero attached hydrogens (tertiary/aromatic N) is 2. The van der Waals surface area contributed by atoms with Gasteiger partial charge in [0, 0.05) is 25.0 Å². The average Bonchev–Trinajstić information content (AvgIpc) is 2.76. The molecular formula is C13H20N2O3S. The number of rotatable bonds is 6. The molecule has 1 fully saturated rings. The van der Waals surface area contributed by atoms with E-state index in [4.69, 9.17) is 9.84 Å². The van der Waals surface area contributed by atoms with Crippen LogP contribution in [0.4, 0.5) is 0 Å². The normalized spacial score (nSPS) is 20.6. The van der Waals surface area contributed by atoms with Gasteiger partial charge in [-0.3, -0.25) is 9.69 Å². The summed E-state index contributed by atoms with van der Waals surface area (Å²) in [4.78, 5) is 17.5. The Morgan fingerprint density at radius 3 is 3.26 bits per heavy atom. The second-order valence-corrected chi connectivity index (χ2v) is 5.75. The van der Waals surface area contributed by atoms with Gasteiger partial charge >= 0.3 is 5.97 Å². The first kappa shape index (κ1) is 14.4. The molecule has 1 aromatic rings. The molecule has 1 unspecified atom stereocenters. The highest BCUT2D eigenvalue weighted by atomic mass is 32.1. The molecule has 0 amide bonds. The van der Waals surface area contributed by atoms with Gasteiger partial charge in [-0.05, 0) is 12.8 Å². The number of hydrogen-bond acceptors (Lipinski definition) is 5. The maximum atomic E-state index is 10.7. The number of thiazole rings is 1. The summed E-state index contributed by atoms with van der Waals surface area (Å²) < 4.78 is 5.46. The Balaban J connectivity index is 1.85. The Kier molecular flexibility index (Phi) is 5.30. The van der Waals surface area contributed by atoms with Gasteiger partial charge < -0.3 is 9.84 Å². The van der Waals surface area contributed by atoms with Crippen LogP contribution in [0.5, 0.6) is 0 Å². The number of carboxylic acid groups (broad SMARTS) is 1. The van der Waals surface area contributed by atoms with Gasteiger partial charge in [-0.15, -0.1) is 11.3 Å². The molecule has 1 atom stereocenters. The summed E-state index contributed by atoms with van der Waals surface area (Å²) in [6, 6.07) is 0. The van der Waals surface area contributed by atoms with E-state index in [0.29, 0.717) is 13.2 Å². The lowest BCUT2D eigenvalue weighted by Gasteiger charge is -2.31. The standard InChI is InChI=1S/C13H20N2O3S/c1-2-3-12-14-10(9-19-12)7-15-4-5-18-11(8-15)6-13(16)17/h9,11H,2-8H2,1H3,(H,16,17). The van der Waals surface area contributed by atoms with Gasteiger partial charge in [0.1, 0.15) is 0 Å². The van der Waals surface area contributed by atoms with Crippen LogP contribution in [0.25, 0.3) is 0 Å². The van der Waals surface area contributed by atoms with Crippen LogP contribution >= 0.6 is 11.3 Å². The van der Waals surface area contributed by atoms with Crippen molar-refractivity contribution in [1.82, 2.24) is 9.88 Å². The van der Waals surface area contributed by atoms with Crippen molar-refractivity contribution in [3.05, 3.63) is 16.1 Å². The van der Waals surface area contributed by atoms with E-state index in [9.17, 15) is 4.79 Å². The number of aliphatic carboxylic acids is 1. The first-order valence-electron chi connectivity index (χ1n) is 6.66. The zero-order valence-electron chi connectivity index (χ0n) is 11.2. The molecule has 0 saturated carbocycles. The Morgan fingerprint density at radius 1 is 1.68 bits per heavy atom. The van der Waals surface area contributed by atoms with Crippen LogP contribution in [-0.4, -0.2) is 46.8 Å². The number of hydrogen-bond donors (Lipinski definition) is 1. The average molecular weight is 284 g/mol. The first-order chi connectivity index (χ1) is 9.17. The lowest BCUT2D eigenvalue weighted by molar-refractivity contribution is -0.142. The van der Waals surface area contributed by atoms with Crippen LogP contribution in [0.3, 0.4) is 0 Å². The topological polar surface area (TPSA) is 62.7 Å². The number of aryl methyl sites for hydroxylation is 1.